The van der Waals surface area contributed by atoms with Gasteiger partial charge in [0.05, 0.1) is 0 Å². The van der Waals surface area contributed by atoms with Gasteiger partial charge in [-0.15, -0.1) is 0 Å². The van der Waals surface area contributed by atoms with E-state index in [0.717, 1.165) is 6.54 Å². The minimum atomic E-state index is 0.653. The molecule has 0 radical (unpaired) electrons. The molecule has 0 rings (SSSR count). The summed E-state index contributed by atoms with van der Waals surface area (Å²) in [6, 6.07) is 0.653. The summed E-state index contributed by atoms with van der Waals surface area (Å²) in [4.78, 5) is 4.42. The standard InChI is InChI=1S/C7H18N2.2C2H6/c1-7(9(4)5)6-8(2)3;2*1-2/h7H,6H2,1-5H3;2*1-2H3. The van der Waals surface area contributed by atoms with Crippen LogP contribution in [-0.2, 0) is 0 Å². The van der Waals surface area contributed by atoms with Gasteiger partial charge in [-0.25, -0.2) is 0 Å². The van der Waals surface area contributed by atoms with E-state index in [0.29, 0.717) is 6.04 Å². The quantitative estimate of drug-likeness (QED) is 0.675. The van der Waals surface area contributed by atoms with Crippen LogP contribution in [0.15, 0.2) is 0 Å². The van der Waals surface area contributed by atoms with Crippen molar-refractivity contribution < 1.29 is 0 Å². The second kappa shape index (κ2) is 14.4. The molecule has 0 aromatic rings. The zero-order chi connectivity index (χ0) is 11.4. The lowest BCUT2D eigenvalue weighted by Crippen LogP contribution is -2.34. The monoisotopic (exact) mass is 190 g/mol. The minimum absolute atomic E-state index is 0.653. The zero-order valence-electron chi connectivity index (χ0n) is 11.2. The van der Waals surface area contributed by atoms with E-state index < -0.39 is 0 Å². The van der Waals surface area contributed by atoms with Crippen LogP contribution in [0.4, 0.5) is 0 Å². The van der Waals surface area contributed by atoms with E-state index in [4.69, 9.17) is 0 Å². The van der Waals surface area contributed by atoms with Crippen molar-refractivity contribution in [3.8, 4) is 0 Å². The topological polar surface area (TPSA) is 6.48 Å². The van der Waals surface area contributed by atoms with E-state index in [1.165, 1.54) is 0 Å². The average molecular weight is 190 g/mol. The molecule has 0 aromatic heterocycles. The fourth-order valence-corrected chi connectivity index (χ4v) is 0.692. The van der Waals surface area contributed by atoms with Crippen molar-refractivity contribution >= 4 is 0 Å². The fraction of sp³-hybridized carbons (Fsp3) is 1.00. The smallest absolute Gasteiger partial charge is 0.0188 e. The van der Waals surface area contributed by atoms with Gasteiger partial charge in [0, 0.05) is 12.6 Å². The van der Waals surface area contributed by atoms with Crippen LogP contribution in [0.1, 0.15) is 34.6 Å². The predicted octanol–water partition coefficient (Wildman–Crippen LogP) is 2.55. The van der Waals surface area contributed by atoms with Crippen LogP contribution < -0.4 is 0 Å². The SMILES string of the molecule is CC.CC.CC(CN(C)C)N(C)C. The molecule has 0 fully saturated rings. The second-order valence-electron chi connectivity index (χ2n) is 3.07. The highest BCUT2D eigenvalue weighted by Gasteiger charge is 2.03. The molecule has 2 nitrogen and oxygen atoms in total. The molecule has 0 saturated heterocycles. The lowest BCUT2D eigenvalue weighted by Gasteiger charge is -2.22. The molecule has 1 unspecified atom stereocenters. The highest BCUT2D eigenvalue weighted by molar-refractivity contribution is 4.61. The van der Waals surface area contributed by atoms with E-state index in [9.17, 15) is 0 Å². The molecule has 0 aliphatic rings. The Balaban J connectivity index is -0.000000218. The van der Waals surface area contributed by atoms with Crippen LogP contribution >= 0.6 is 0 Å². The molecule has 0 saturated carbocycles. The van der Waals surface area contributed by atoms with Gasteiger partial charge >= 0.3 is 0 Å². The molecule has 2 heteroatoms. The first-order chi connectivity index (χ1) is 6.04. The lowest BCUT2D eigenvalue weighted by atomic mass is 10.3. The molecule has 0 N–H and O–H groups in total. The molecule has 0 amide bonds. The van der Waals surface area contributed by atoms with Crippen molar-refractivity contribution in [2.24, 2.45) is 0 Å². The van der Waals surface area contributed by atoms with Gasteiger partial charge in [0.15, 0.2) is 0 Å². The summed E-state index contributed by atoms with van der Waals surface area (Å²) in [6.07, 6.45) is 0. The van der Waals surface area contributed by atoms with Gasteiger partial charge in [-0.1, -0.05) is 27.7 Å². The van der Waals surface area contributed by atoms with Gasteiger partial charge in [0.2, 0.25) is 0 Å². The summed E-state index contributed by atoms with van der Waals surface area (Å²) in [7, 11) is 8.41. The van der Waals surface area contributed by atoms with Crippen molar-refractivity contribution in [3.63, 3.8) is 0 Å². The first-order valence-corrected chi connectivity index (χ1v) is 5.35. The van der Waals surface area contributed by atoms with E-state index in [1.807, 2.05) is 27.7 Å². The van der Waals surface area contributed by atoms with E-state index in [2.05, 4.69) is 44.9 Å². The first-order valence-electron chi connectivity index (χ1n) is 5.35. The van der Waals surface area contributed by atoms with E-state index >= 15 is 0 Å². The summed E-state index contributed by atoms with van der Waals surface area (Å²) in [5.41, 5.74) is 0. The van der Waals surface area contributed by atoms with Crippen molar-refractivity contribution in [1.82, 2.24) is 9.80 Å². The molecule has 13 heavy (non-hydrogen) atoms. The Labute approximate surface area is 85.9 Å². The zero-order valence-corrected chi connectivity index (χ0v) is 11.2. The maximum Gasteiger partial charge on any atom is 0.0188 e. The number of hydrogen-bond acceptors (Lipinski definition) is 2. The van der Waals surface area contributed by atoms with E-state index in [-0.39, 0.29) is 0 Å². The van der Waals surface area contributed by atoms with Crippen LogP contribution in [-0.4, -0.2) is 50.6 Å². The summed E-state index contributed by atoms with van der Waals surface area (Å²) < 4.78 is 0. The maximum absolute atomic E-state index is 2.22. The highest BCUT2D eigenvalue weighted by Crippen LogP contribution is 1.91. The summed E-state index contributed by atoms with van der Waals surface area (Å²) in [6.45, 7) is 11.4. The number of rotatable bonds is 3. The molecular weight excluding hydrogens is 160 g/mol. The van der Waals surface area contributed by atoms with Gasteiger partial charge < -0.3 is 9.80 Å². The normalized spacial score (nSPS) is 11.3. The summed E-state index contributed by atoms with van der Waals surface area (Å²) in [5, 5.41) is 0. The number of nitrogens with zero attached hydrogens (tertiary/aromatic N) is 2. The van der Waals surface area contributed by atoms with Crippen LogP contribution in [0.5, 0.6) is 0 Å². The molecule has 0 heterocycles. The Kier molecular flexibility index (Phi) is 20.7. The Morgan fingerprint density at radius 2 is 1.15 bits per heavy atom. The Hall–Kier alpha value is -0.0800. The molecule has 0 aliphatic heterocycles. The maximum atomic E-state index is 2.22. The molecular formula is C11H30N2. The first kappa shape index (κ1) is 18.7. The van der Waals surface area contributed by atoms with Crippen LogP contribution in [0, 0.1) is 0 Å². The molecule has 0 aromatic carbocycles. The van der Waals surface area contributed by atoms with Gasteiger partial charge in [-0.2, -0.15) is 0 Å². The molecule has 0 aliphatic carbocycles. The van der Waals surface area contributed by atoms with Crippen molar-refractivity contribution in [2.45, 2.75) is 40.7 Å². The molecule has 1 atom stereocenters. The van der Waals surface area contributed by atoms with Gasteiger partial charge in [-0.3, -0.25) is 0 Å². The van der Waals surface area contributed by atoms with Crippen LogP contribution in [0.25, 0.3) is 0 Å². The van der Waals surface area contributed by atoms with Gasteiger partial charge in [0.25, 0.3) is 0 Å². The summed E-state index contributed by atoms with van der Waals surface area (Å²) in [5.74, 6) is 0. The third kappa shape index (κ3) is 18.7. The largest absolute Gasteiger partial charge is 0.308 e. The minimum Gasteiger partial charge on any atom is -0.308 e. The molecule has 84 valence electrons. The number of hydrogen-bond donors (Lipinski definition) is 0. The number of likely N-dealkylation sites (N-methyl/N-ethyl adjacent to an activating group) is 2. The van der Waals surface area contributed by atoms with Crippen molar-refractivity contribution in [1.29, 1.82) is 0 Å². The Morgan fingerprint density at radius 1 is 0.846 bits per heavy atom. The Morgan fingerprint density at radius 3 is 1.23 bits per heavy atom. The third-order valence-electron chi connectivity index (χ3n) is 1.51. The van der Waals surface area contributed by atoms with E-state index in [1.54, 1.807) is 0 Å². The van der Waals surface area contributed by atoms with Gasteiger partial charge in [0.1, 0.15) is 0 Å². The lowest BCUT2D eigenvalue weighted by molar-refractivity contribution is 0.244. The van der Waals surface area contributed by atoms with Gasteiger partial charge in [-0.05, 0) is 35.1 Å². The molecule has 0 spiro atoms. The van der Waals surface area contributed by atoms with Crippen molar-refractivity contribution in [3.05, 3.63) is 0 Å². The van der Waals surface area contributed by atoms with Crippen molar-refractivity contribution in [2.75, 3.05) is 34.7 Å². The predicted molar refractivity (Wildman–Crippen MR) is 64.4 cm³/mol. The summed E-state index contributed by atoms with van der Waals surface area (Å²) >= 11 is 0. The fourth-order valence-electron chi connectivity index (χ4n) is 0.692. The highest BCUT2D eigenvalue weighted by atomic mass is 15.2. The Bertz CT molecular complexity index is 70.5. The van der Waals surface area contributed by atoms with Crippen LogP contribution in [0.2, 0.25) is 0 Å². The third-order valence-corrected chi connectivity index (χ3v) is 1.51. The second-order valence-corrected chi connectivity index (χ2v) is 3.07. The molecule has 0 bridgehead atoms. The van der Waals surface area contributed by atoms with Crippen LogP contribution in [0.3, 0.4) is 0 Å². The average Bonchev–Trinajstić information content (AvgIpc) is 2.10.